The van der Waals surface area contributed by atoms with Crippen molar-refractivity contribution in [2.24, 2.45) is 0 Å². The van der Waals surface area contributed by atoms with Gasteiger partial charge in [0.1, 0.15) is 0 Å². The van der Waals surface area contributed by atoms with E-state index >= 15 is 0 Å². The molecule has 1 saturated carbocycles. The lowest BCUT2D eigenvalue weighted by Gasteiger charge is -2.11. The zero-order valence-corrected chi connectivity index (χ0v) is 8.71. The summed E-state index contributed by atoms with van der Waals surface area (Å²) in [6, 6.07) is 0. The van der Waals surface area contributed by atoms with Crippen molar-refractivity contribution in [2.45, 2.75) is 24.8 Å². The van der Waals surface area contributed by atoms with Gasteiger partial charge in [-0.2, -0.15) is 0 Å². The molecule has 0 radical (unpaired) electrons. The normalized spacial score (nSPS) is 18.6. The van der Waals surface area contributed by atoms with E-state index in [4.69, 9.17) is 11.6 Å². The molecule has 2 rings (SSSR count). The van der Waals surface area contributed by atoms with Gasteiger partial charge >= 0.3 is 0 Å². The highest BCUT2D eigenvalue weighted by Gasteiger charge is 2.42. The van der Waals surface area contributed by atoms with Crippen LogP contribution in [0.5, 0.6) is 0 Å². The maximum atomic E-state index is 12.2. The molecule has 0 spiro atoms. The van der Waals surface area contributed by atoms with Crippen molar-refractivity contribution in [3.63, 3.8) is 0 Å². The van der Waals surface area contributed by atoms with Gasteiger partial charge < -0.3 is 5.32 Å². The van der Waals surface area contributed by atoms with E-state index in [9.17, 15) is 8.78 Å². The molecule has 78 valence electrons. The first-order valence-corrected chi connectivity index (χ1v) is 5.46. The molecule has 1 fully saturated rings. The highest BCUT2D eigenvalue weighted by Crippen LogP contribution is 2.40. The van der Waals surface area contributed by atoms with Crippen molar-refractivity contribution in [3.8, 4) is 0 Å². The Bertz CT molecular complexity index is 326. The topological polar surface area (TPSA) is 37.8 Å². The number of hydrogen-bond acceptors (Lipinski definition) is 4. The first kappa shape index (κ1) is 10.0. The molecule has 0 unspecified atom stereocenters. The lowest BCUT2D eigenvalue weighted by atomic mass is 10.3. The minimum absolute atomic E-state index is 0.125. The fourth-order valence-corrected chi connectivity index (χ4v) is 2.10. The summed E-state index contributed by atoms with van der Waals surface area (Å²) < 4.78 is 24.3. The van der Waals surface area contributed by atoms with Crippen molar-refractivity contribution in [1.29, 1.82) is 0 Å². The molecule has 0 saturated heterocycles. The number of nitrogens with zero attached hydrogens (tertiary/aromatic N) is 2. The Balaban J connectivity index is 2.03. The minimum Gasteiger partial charge on any atom is -0.353 e. The van der Waals surface area contributed by atoms with Crippen molar-refractivity contribution in [3.05, 3.63) is 5.01 Å². The van der Waals surface area contributed by atoms with Gasteiger partial charge in [-0.25, -0.2) is 8.78 Å². The molecule has 0 aliphatic heterocycles. The Morgan fingerprint density at radius 2 is 2.21 bits per heavy atom. The van der Waals surface area contributed by atoms with E-state index in [1.807, 2.05) is 0 Å². The first-order chi connectivity index (χ1) is 6.65. The van der Waals surface area contributed by atoms with Gasteiger partial charge in [0.15, 0.2) is 5.01 Å². The van der Waals surface area contributed by atoms with Gasteiger partial charge in [0.2, 0.25) is 5.13 Å². The molecule has 0 atom stereocenters. The largest absolute Gasteiger partial charge is 0.353 e. The SMILES string of the molecule is FC(F)c1nnc(NC2(CCl)CC2)s1. The summed E-state index contributed by atoms with van der Waals surface area (Å²) in [5.74, 6) is 0.469. The predicted octanol–water partition coefficient (Wildman–Crippen LogP) is 2.66. The molecule has 14 heavy (non-hydrogen) atoms. The smallest absolute Gasteiger partial charge is 0.291 e. The van der Waals surface area contributed by atoms with Crippen LogP contribution in [-0.4, -0.2) is 21.6 Å². The van der Waals surface area contributed by atoms with Crippen LogP contribution in [0.3, 0.4) is 0 Å². The average Bonchev–Trinajstić information content (AvgIpc) is 2.75. The standard InChI is InChI=1S/C7H8ClF2N3S/c8-3-7(1-2-7)11-6-13-12-5(14-6)4(9)10/h4H,1-3H2,(H,11,13). The average molecular weight is 240 g/mol. The van der Waals surface area contributed by atoms with E-state index in [2.05, 4.69) is 15.5 Å². The first-order valence-electron chi connectivity index (χ1n) is 4.11. The lowest BCUT2D eigenvalue weighted by Crippen LogP contribution is -2.22. The molecule has 1 aliphatic rings. The Labute approximate surface area is 88.5 Å². The molecule has 1 aromatic heterocycles. The van der Waals surface area contributed by atoms with E-state index < -0.39 is 6.43 Å². The van der Waals surface area contributed by atoms with Crippen LogP contribution in [0.2, 0.25) is 0 Å². The highest BCUT2D eigenvalue weighted by molar-refractivity contribution is 7.15. The van der Waals surface area contributed by atoms with Crippen molar-refractivity contribution in [1.82, 2.24) is 10.2 Å². The molecule has 0 bridgehead atoms. The van der Waals surface area contributed by atoms with Crippen molar-refractivity contribution >= 4 is 28.1 Å². The molecular formula is C7H8ClF2N3S. The van der Waals surface area contributed by atoms with Crippen LogP contribution in [0.1, 0.15) is 24.3 Å². The van der Waals surface area contributed by atoms with Crippen LogP contribution in [0.25, 0.3) is 0 Å². The number of alkyl halides is 3. The Kier molecular flexibility index (Phi) is 2.57. The molecule has 1 N–H and O–H groups in total. The van der Waals surface area contributed by atoms with Gasteiger partial charge in [0, 0.05) is 5.88 Å². The fourth-order valence-electron chi connectivity index (χ4n) is 1.04. The molecule has 1 aromatic rings. The maximum absolute atomic E-state index is 12.2. The van der Waals surface area contributed by atoms with Gasteiger partial charge in [-0.15, -0.1) is 21.8 Å². The van der Waals surface area contributed by atoms with Gasteiger partial charge in [-0.1, -0.05) is 11.3 Å². The quantitative estimate of drug-likeness (QED) is 0.821. The summed E-state index contributed by atoms with van der Waals surface area (Å²) in [6.07, 6.45) is -0.630. The fraction of sp³-hybridized carbons (Fsp3) is 0.714. The maximum Gasteiger partial charge on any atom is 0.291 e. The molecule has 3 nitrogen and oxygen atoms in total. The number of halogens is 3. The third kappa shape index (κ3) is 1.95. The molecule has 7 heteroatoms. The van der Waals surface area contributed by atoms with Gasteiger partial charge in [0.25, 0.3) is 6.43 Å². The second-order valence-electron chi connectivity index (χ2n) is 3.29. The second-order valence-corrected chi connectivity index (χ2v) is 4.56. The summed E-state index contributed by atoms with van der Waals surface area (Å²) in [5, 5.41) is 10.2. The van der Waals surface area contributed by atoms with E-state index in [0.29, 0.717) is 11.0 Å². The van der Waals surface area contributed by atoms with Crippen LogP contribution in [0, 0.1) is 0 Å². The number of rotatable bonds is 4. The molecular weight excluding hydrogens is 232 g/mol. The summed E-state index contributed by atoms with van der Waals surface area (Å²) in [4.78, 5) is 0. The van der Waals surface area contributed by atoms with Gasteiger partial charge in [-0.05, 0) is 12.8 Å². The lowest BCUT2D eigenvalue weighted by molar-refractivity contribution is 0.150. The van der Waals surface area contributed by atoms with Crippen LogP contribution in [-0.2, 0) is 0 Å². The summed E-state index contributed by atoms with van der Waals surface area (Å²) in [5.41, 5.74) is -0.125. The highest BCUT2D eigenvalue weighted by atomic mass is 35.5. The Morgan fingerprint density at radius 1 is 1.50 bits per heavy atom. The van der Waals surface area contributed by atoms with Crippen molar-refractivity contribution < 1.29 is 8.78 Å². The second kappa shape index (κ2) is 3.58. The number of anilines is 1. The van der Waals surface area contributed by atoms with Gasteiger partial charge in [0.05, 0.1) is 5.54 Å². The van der Waals surface area contributed by atoms with E-state index in [1.165, 1.54) is 0 Å². The molecule has 0 amide bonds. The minimum atomic E-state index is -2.55. The van der Waals surface area contributed by atoms with Crippen LogP contribution < -0.4 is 5.32 Å². The number of hydrogen-bond donors (Lipinski definition) is 1. The van der Waals surface area contributed by atoms with Crippen LogP contribution in [0.4, 0.5) is 13.9 Å². The van der Waals surface area contributed by atoms with E-state index in [0.717, 1.165) is 24.2 Å². The van der Waals surface area contributed by atoms with Crippen molar-refractivity contribution in [2.75, 3.05) is 11.2 Å². The zero-order chi connectivity index (χ0) is 10.2. The van der Waals surface area contributed by atoms with Gasteiger partial charge in [-0.3, -0.25) is 0 Å². The third-order valence-electron chi connectivity index (χ3n) is 2.11. The number of nitrogens with one attached hydrogen (secondary N) is 1. The summed E-state index contributed by atoms with van der Waals surface area (Å²) >= 11 is 6.60. The van der Waals surface area contributed by atoms with E-state index in [-0.39, 0.29) is 10.5 Å². The summed E-state index contributed by atoms with van der Waals surface area (Å²) in [7, 11) is 0. The van der Waals surface area contributed by atoms with E-state index in [1.54, 1.807) is 0 Å². The Morgan fingerprint density at radius 3 is 2.64 bits per heavy atom. The molecule has 1 aliphatic carbocycles. The number of aromatic nitrogens is 2. The monoisotopic (exact) mass is 239 g/mol. The van der Waals surface area contributed by atoms with Crippen LogP contribution in [0.15, 0.2) is 0 Å². The zero-order valence-electron chi connectivity index (χ0n) is 7.14. The third-order valence-corrected chi connectivity index (χ3v) is 3.47. The molecule has 1 heterocycles. The predicted molar refractivity (Wildman–Crippen MR) is 51.2 cm³/mol. The summed E-state index contributed by atoms with van der Waals surface area (Å²) in [6.45, 7) is 0. The Hall–Kier alpha value is -0.490. The molecule has 0 aromatic carbocycles. The van der Waals surface area contributed by atoms with Crippen LogP contribution >= 0.6 is 22.9 Å².